The lowest BCUT2D eigenvalue weighted by atomic mass is 10.1. The predicted molar refractivity (Wildman–Crippen MR) is 111 cm³/mol. The van der Waals surface area contributed by atoms with Gasteiger partial charge in [0, 0.05) is 29.5 Å². The highest BCUT2D eigenvalue weighted by Gasteiger charge is 2.47. The molecule has 0 radical (unpaired) electrons. The van der Waals surface area contributed by atoms with Crippen molar-refractivity contribution in [3.63, 3.8) is 0 Å². The molecular weight excluding hydrogens is 380 g/mol. The fraction of sp³-hybridized carbons (Fsp3) is 0.522. The molecule has 30 heavy (non-hydrogen) atoms. The van der Waals surface area contributed by atoms with Gasteiger partial charge in [0.15, 0.2) is 12.1 Å². The SMILES string of the molecule is Cc1c(N(C)C(=O)c2cccc(C#CC3CC3)c2)nnn1CC1OCC2(CC2)CO1. The number of carbonyl (C=O) groups is 1. The monoisotopic (exact) mass is 406 g/mol. The summed E-state index contributed by atoms with van der Waals surface area (Å²) in [6.07, 6.45) is 4.41. The van der Waals surface area contributed by atoms with Gasteiger partial charge >= 0.3 is 0 Å². The van der Waals surface area contributed by atoms with E-state index in [1.165, 1.54) is 30.6 Å². The van der Waals surface area contributed by atoms with Crippen LogP contribution in [0.3, 0.4) is 0 Å². The maximum atomic E-state index is 13.0. The van der Waals surface area contributed by atoms with Crippen molar-refractivity contribution in [2.75, 3.05) is 25.2 Å². The van der Waals surface area contributed by atoms with Gasteiger partial charge < -0.3 is 9.47 Å². The molecule has 1 aliphatic heterocycles. The molecule has 3 aliphatic rings. The molecule has 0 atom stereocenters. The smallest absolute Gasteiger partial charge is 0.259 e. The van der Waals surface area contributed by atoms with Gasteiger partial charge in [0.05, 0.1) is 25.5 Å². The van der Waals surface area contributed by atoms with E-state index in [4.69, 9.17) is 9.47 Å². The Morgan fingerprint density at radius 3 is 2.77 bits per heavy atom. The minimum absolute atomic E-state index is 0.138. The average molecular weight is 406 g/mol. The molecule has 7 heteroatoms. The number of nitrogens with zero attached hydrogens (tertiary/aromatic N) is 4. The van der Waals surface area contributed by atoms with E-state index in [9.17, 15) is 4.79 Å². The second-order valence-corrected chi connectivity index (χ2v) is 8.72. The van der Waals surface area contributed by atoms with Crippen molar-refractivity contribution in [3.8, 4) is 11.8 Å². The van der Waals surface area contributed by atoms with Crippen LogP contribution in [0, 0.1) is 30.1 Å². The fourth-order valence-electron chi connectivity index (χ4n) is 3.61. The Balaban J connectivity index is 1.27. The summed E-state index contributed by atoms with van der Waals surface area (Å²) in [4.78, 5) is 14.6. The summed E-state index contributed by atoms with van der Waals surface area (Å²) in [5.41, 5.74) is 2.52. The molecular formula is C23H26N4O3. The number of hydrogen-bond donors (Lipinski definition) is 0. The van der Waals surface area contributed by atoms with E-state index in [1.807, 2.05) is 25.1 Å². The second kappa shape index (κ2) is 7.53. The van der Waals surface area contributed by atoms with Gasteiger partial charge in [0.2, 0.25) is 0 Å². The summed E-state index contributed by atoms with van der Waals surface area (Å²) >= 11 is 0. The van der Waals surface area contributed by atoms with E-state index in [1.54, 1.807) is 17.8 Å². The van der Waals surface area contributed by atoms with Crippen LogP contribution in [0.5, 0.6) is 0 Å². The lowest BCUT2D eigenvalue weighted by Crippen LogP contribution is -2.36. The standard InChI is InChI=1S/C23H26N4O3/c1-16-21(24-25-27(16)13-20-29-14-23(10-11-23)15-30-20)26(2)22(28)19-5-3-4-18(12-19)9-8-17-6-7-17/h3-5,12,17,20H,6-7,10-11,13-15H2,1-2H3. The van der Waals surface area contributed by atoms with Crippen molar-refractivity contribution in [3.05, 3.63) is 41.1 Å². The van der Waals surface area contributed by atoms with Crippen LogP contribution in [0.25, 0.3) is 0 Å². The molecule has 5 rings (SSSR count). The number of ether oxygens (including phenoxy) is 2. The highest BCUT2D eigenvalue weighted by molar-refractivity contribution is 6.05. The van der Waals surface area contributed by atoms with Gasteiger partial charge in [-0.2, -0.15) is 0 Å². The number of hydrogen-bond acceptors (Lipinski definition) is 5. The van der Waals surface area contributed by atoms with E-state index in [0.29, 0.717) is 23.8 Å². The molecule has 156 valence electrons. The Hall–Kier alpha value is -2.69. The molecule has 1 aromatic heterocycles. The molecule has 0 N–H and O–H groups in total. The molecule has 1 amide bonds. The zero-order chi connectivity index (χ0) is 20.7. The lowest BCUT2D eigenvalue weighted by molar-refractivity contribution is -0.213. The summed E-state index contributed by atoms with van der Waals surface area (Å²) in [5.74, 6) is 7.33. The molecule has 1 aromatic carbocycles. The van der Waals surface area contributed by atoms with Crippen LogP contribution in [-0.4, -0.2) is 47.5 Å². The quantitative estimate of drug-likeness (QED) is 0.731. The molecule has 2 heterocycles. The zero-order valence-corrected chi connectivity index (χ0v) is 17.4. The van der Waals surface area contributed by atoms with Gasteiger partial charge in [-0.25, -0.2) is 4.68 Å². The van der Waals surface area contributed by atoms with Crippen molar-refractivity contribution in [1.82, 2.24) is 15.0 Å². The number of carbonyl (C=O) groups excluding carboxylic acids is 1. The molecule has 2 saturated carbocycles. The number of anilines is 1. The molecule has 0 unspecified atom stereocenters. The Bertz CT molecular complexity index is 1020. The normalized spacial score (nSPS) is 19.9. The second-order valence-electron chi connectivity index (χ2n) is 8.72. The Kier molecular flexibility index (Phi) is 4.84. The third kappa shape index (κ3) is 3.98. The average Bonchev–Trinajstić information content (AvgIpc) is 3.69. The minimum Gasteiger partial charge on any atom is -0.350 e. The third-order valence-electron chi connectivity index (χ3n) is 6.12. The number of aromatic nitrogens is 3. The van der Waals surface area contributed by atoms with Gasteiger partial charge in [-0.3, -0.25) is 9.69 Å². The fourth-order valence-corrected chi connectivity index (χ4v) is 3.61. The molecule has 7 nitrogen and oxygen atoms in total. The van der Waals surface area contributed by atoms with E-state index < -0.39 is 0 Å². The first kappa shape index (κ1) is 19.3. The zero-order valence-electron chi connectivity index (χ0n) is 17.4. The van der Waals surface area contributed by atoms with Gasteiger partial charge in [-0.05, 0) is 50.8 Å². The highest BCUT2D eigenvalue weighted by atomic mass is 16.7. The molecule has 0 bridgehead atoms. The summed E-state index contributed by atoms with van der Waals surface area (Å²) in [6, 6.07) is 7.44. The Morgan fingerprint density at radius 1 is 1.30 bits per heavy atom. The van der Waals surface area contributed by atoms with Crippen LogP contribution in [0.2, 0.25) is 0 Å². The first-order valence-corrected chi connectivity index (χ1v) is 10.6. The van der Waals surface area contributed by atoms with Crippen LogP contribution in [0.15, 0.2) is 24.3 Å². The van der Waals surface area contributed by atoms with E-state index in [2.05, 4.69) is 22.2 Å². The summed E-state index contributed by atoms with van der Waals surface area (Å²) < 4.78 is 13.5. The first-order valence-electron chi connectivity index (χ1n) is 10.6. The highest BCUT2D eigenvalue weighted by Crippen LogP contribution is 2.48. The van der Waals surface area contributed by atoms with Gasteiger partial charge in [0.1, 0.15) is 0 Å². The molecule has 1 spiro atoms. The Labute approximate surface area is 176 Å². The molecule has 2 aromatic rings. The van der Waals surface area contributed by atoms with Gasteiger partial charge in [0.25, 0.3) is 5.91 Å². The summed E-state index contributed by atoms with van der Waals surface area (Å²) in [6.45, 7) is 3.86. The van der Waals surface area contributed by atoms with Crippen molar-refractivity contribution in [2.24, 2.45) is 11.3 Å². The van der Waals surface area contributed by atoms with E-state index in [0.717, 1.165) is 24.5 Å². The van der Waals surface area contributed by atoms with E-state index in [-0.39, 0.29) is 17.6 Å². The minimum atomic E-state index is -0.327. The number of rotatable bonds is 4. The van der Waals surface area contributed by atoms with E-state index >= 15 is 0 Å². The number of amides is 1. The predicted octanol–water partition coefficient (Wildman–Crippen LogP) is 2.78. The van der Waals surface area contributed by atoms with Crippen molar-refractivity contribution in [2.45, 2.75) is 45.4 Å². The van der Waals surface area contributed by atoms with Crippen LogP contribution in [-0.2, 0) is 16.0 Å². The molecule has 2 aliphatic carbocycles. The topological polar surface area (TPSA) is 69.5 Å². The van der Waals surface area contributed by atoms with Gasteiger partial charge in [-0.1, -0.05) is 23.1 Å². The van der Waals surface area contributed by atoms with Crippen LogP contribution in [0.4, 0.5) is 5.82 Å². The molecule has 3 fully saturated rings. The van der Waals surface area contributed by atoms with Crippen molar-refractivity contribution >= 4 is 11.7 Å². The Morgan fingerprint density at radius 2 is 2.07 bits per heavy atom. The van der Waals surface area contributed by atoms with Gasteiger partial charge in [-0.15, -0.1) is 5.10 Å². The maximum absolute atomic E-state index is 13.0. The summed E-state index contributed by atoms with van der Waals surface area (Å²) in [7, 11) is 1.72. The van der Waals surface area contributed by atoms with Crippen molar-refractivity contribution < 1.29 is 14.3 Å². The van der Waals surface area contributed by atoms with Crippen LogP contribution < -0.4 is 4.90 Å². The summed E-state index contributed by atoms with van der Waals surface area (Å²) in [5, 5.41) is 8.46. The van der Waals surface area contributed by atoms with Crippen LogP contribution in [0.1, 0.15) is 47.3 Å². The maximum Gasteiger partial charge on any atom is 0.259 e. The number of benzene rings is 1. The third-order valence-corrected chi connectivity index (χ3v) is 6.12. The van der Waals surface area contributed by atoms with Crippen molar-refractivity contribution in [1.29, 1.82) is 0 Å². The lowest BCUT2D eigenvalue weighted by Gasteiger charge is -2.29. The molecule has 1 saturated heterocycles. The largest absolute Gasteiger partial charge is 0.350 e. The first-order chi connectivity index (χ1) is 14.5. The van der Waals surface area contributed by atoms with Crippen LogP contribution >= 0.6 is 0 Å².